The van der Waals surface area contributed by atoms with E-state index in [-0.39, 0.29) is 18.4 Å². The van der Waals surface area contributed by atoms with Crippen molar-refractivity contribution in [3.05, 3.63) is 5.82 Å². The first kappa shape index (κ1) is 20.2. The minimum Gasteiger partial charge on any atom is -0.466 e. The van der Waals surface area contributed by atoms with Crippen molar-refractivity contribution in [2.45, 2.75) is 62.4 Å². The van der Waals surface area contributed by atoms with E-state index >= 15 is 0 Å². The second-order valence-corrected chi connectivity index (χ2v) is 7.45. The fraction of sp³-hybridized carbons (Fsp3) is 0.688. The molecule has 2 N–H and O–H groups in total. The van der Waals surface area contributed by atoms with E-state index in [4.69, 9.17) is 4.74 Å². The highest BCUT2D eigenvalue weighted by Crippen LogP contribution is 2.22. The number of esters is 1. The zero-order chi connectivity index (χ0) is 19.1. The Morgan fingerprint density at radius 2 is 2.00 bits per heavy atom. The summed E-state index contributed by atoms with van der Waals surface area (Å²) in [6, 6.07) is -0.315. The third-order valence-corrected chi connectivity index (χ3v) is 5.25. The predicted octanol–water partition coefficient (Wildman–Crippen LogP) is 1.17. The molecule has 0 aliphatic heterocycles. The molecule has 9 nitrogen and oxygen atoms in total. The van der Waals surface area contributed by atoms with Crippen molar-refractivity contribution in [3.63, 3.8) is 0 Å². The minimum atomic E-state index is -0.539. The number of nitrogens with zero attached hydrogens (tertiary/aromatic N) is 3. The van der Waals surface area contributed by atoms with Crippen LogP contribution in [0.25, 0.3) is 0 Å². The van der Waals surface area contributed by atoms with Crippen molar-refractivity contribution in [2.24, 2.45) is 7.05 Å². The summed E-state index contributed by atoms with van der Waals surface area (Å²) in [6.07, 6.45) is 4.13. The monoisotopic (exact) mass is 383 g/mol. The van der Waals surface area contributed by atoms with Gasteiger partial charge in [-0.15, -0.1) is 10.2 Å². The first-order valence-electron chi connectivity index (χ1n) is 8.72. The van der Waals surface area contributed by atoms with Crippen LogP contribution in [-0.4, -0.2) is 50.6 Å². The van der Waals surface area contributed by atoms with Crippen LogP contribution in [0.3, 0.4) is 0 Å². The molecule has 0 aromatic carbocycles. The Bertz CT molecular complexity index is 657. The summed E-state index contributed by atoms with van der Waals surface area (Å²) in [5.74, 6) is -0.327. The Kier molecular flexibility index (Phi) is 7.43. The standard InChI is InChI=1S/C16H25N5O4S/c1-4-25-13(22)9-12-19-20-16(21(12)3)26-10(2)14(23)18-15(24)17-11-7-5-6-8-11/h10-11H,4-9H2,1-3H3,(H2,17,18,23,24)/t10-/m1/s1. The topological polar surface area (TPSA) is 115 Å². The van der Waals surface area contributed by atoms with Gasteiger partial charge in [0, 0.05) is 13.1 Å². The molecular formula is C16H25N5O4S. The van der Waals surface area contributed by atoms with E-state index in [0.29, 0.717) is 17.6 Å². The minimum absolute atomic E-state index is 0.0161. The number of amides is 3. The Morgan fingerprint density at radius 1 is 1.31 bits per heavy atom. The Labute approximate surface area is 156 Å². The molecule has 2 rings (SSSR count). The molecule has 0 bridgehead atoms. The van der Waals surface area contributed by atoms with Gasteiger partial charge in [0.1, 0.15) is 12.2 Å². The first-order valence-corrected chi connectivity index (χ1v) is 9.60. The third kappa shape index (κ3) is 5.72. The highest BCUT2D eigenvalue weighted by Gasteiger charge is 2.23. The normalized spacial score (nSPS) is 15.5. The van der Waals surface area contributed by atoms with Crippen molar-refractivity contribution >= 4 is 29.7 Å². The average Bonchev–Trinajstić information content (AvgIpc) is 3.20. The van der Waals surface area contributed by atoms with Crippen LogP contribution in [0.5, 0.6) is 0 Å². The van der Waals surface area contributed by atoms with E-state index in [1.807, 2.05) is 0 Å². The number of hydrogen-bond acceptors (Lipinski definition) is 7. The molecule has 3 amide bonds. The third-order valence-electron chi connectivity index (χ3n) is 4.11. The fourth-order valence-corrected chi connectivity index (χ4v) is 3.49. The van der Waals surface area contributed by atoms with Crippen LogP contribution in [0, 0.1) is 0 Å². The summed E-state index contributed by atoms with van der Waals surface area (Å²) in [7, 11) is 1.72. The van der Waals surface area contributed by atoms with Gasteiger partial charge in [-0.05, 0) is 26.7 Å². The molecule has 0 spiro atoms. The van der Waals surface area contributed by atoms with Gasteiger partial charge in [-0.3, -0.25) is 14.9 Å². The Balaban J connectivity index is 1.85. The summed E-state index contributed by atoms with van der Waals surface area (Å²) >= 11 is 1.17. The van der Waals surface area contributed by atoms with Crippen LogP contribution in [-0.2, 0) is 27.8 Å². The van der Waals surface area contributed by atoms with E-state index in [9.17, 15) is 14.4 Å². The molecule has 1 atom stereocenters. The molecule has 0 unspecified atom stereocenters. The van der Waals surface area contributed by atoms with Crippen LogP contribution in [0.15, 0.2) is 5.16 Å². The van der Waals surface area contributed by atoms with Crippen LogP contribution >= 0.6 is 11.8 Å². The van der Waals surface area contributed by atoms with Crippen LogP contribution in [0.1, 0.15) is 45.4 Å². The summed E-state index contributed by atoms with van der Waals surface area (Å²) in [5.41, 5.74) is 0. The summed E-state index contributed by atoms with van der Waals surface area (Å²) < 4.78 is 6.54. The van der Waals surface area contributed by atoms with Crippen LogP contribution in [0.2, 0.25) is 0 Å². The number of carbonyl (C=O) groups excluding carboxylic acids is 3. The van der Waals surface area contributed by atoms with Gasteiger partial charge in [0.25, 0.3) is 0 Å². The number of nitrogens with one attached hydrogen (secondary N) is 2. The average molecular weight is 383 g/mol. The van der Waals surface area contributed by atoms with Gasteiger partial charge in [0.15, 0.2) is 5.16 Å². The smallest absolute Gasteiger partial charge is 0.321 e. The maximum absolute atomic E-state index is 12.2. The molecule has 1 fully saturated rings. The molecule has 26 heavy (non-hydrogen) atoms. The molecule has 1 saturated carbocycles. The van der Waals surface area contributed by atoms with Gasteiger partial charge in [0.05, 0.1) is 11.9 Å². The van der Waals surface area contributed by atoms with Crippen molar-refractivity contribution < 1.29 is 19.1 Å². The summed E-state index contributed by atoms with van der Waals surface area (Å²) in [6.45, 7) is 3.72. The van der Waals surface area contributed by atoms with E-state index < -0.39 is 17.2 Å². The van der Waals surface area contributed by atoms with Gasteiger partial charge >= 0.3 is 12.0 Å². The van der Waals surface area contributed by atoms with E-state index in [0.717, 1.165) is 25.7 Å². The van der Waals surface area contributed by atoms with Crippen molar-refractivity contribution in [2.75, 3.05) is 6.61 Å². The number of thioether (sulfide) groups is 1. The van der Waals surface area contributed by atoms with Gasteiger partial charge < -0.3 is 14.6 Å². The zero-order valence-corrected chi connectivity index (χ0v) is 16.1. The lowest BCUT2D eigenvalue weighted by Crippen LogP contribution is -2.45. The van der Waals surface area contributed by atoms with Gasteiger partial charge in [-0.2, -0.15) is 0 Å². The highest BCUT2D eigenvalue weighted by molar-refractivity contribution is 8.00. The molecule has 1 aliphatic rings. The zero-order valence-electron chi connectivity index (χ0n) is 15.3. The lowest BCUT2D eigenvalue weighted by atomic mass is 10.2. The van der Waals surface area contributed by atoms with Gasteiger partial charge in [-0.1, -0.05) is 24.6 Å². The van der Waals surface area contributed by atoms with E-state index in [2.05, 4.69) is 20.8 Å². The lowest BCUT2D eigenvalue weighted by Gasteiger charge is -2.14. The Morgan fingerprint density at radius 3 is 2.65 bits per heavy atom. The SMILES string of the molecule is CCOC(=O)Cc1nnc(S[C@H](C)C(=O)NC(=O)NC2CCCC2)n1C. The number of imide groups is 1. The van der Waals surface area contributed by atoms with Crippen LogP contribution in [0.4, 0.5) is 4.79 Å². The van der Waals surface area contributed by atoms with E-state index in [1.54, 1.807) is 25.5 Å². The number of carbonyl (C=O) groups is 3. The quantitative estimate of drug-likeness (QED) is 0.536. The maximum Gasteiger partial charge on any atom is 0.321 e. The molecule has 0 saturated heterocycles. The second kappa shape index (κ2) is 9.56. The second-order valence-electron chi connectivity index (χ2n) is 6.14. The lowest BCUT2D eigenvalue weighted by molar-refractivity contribution is -0.142. The summed E-state index contributed by atoms with van der Waals surface area (Å²) in [5, 5.41) is 13.1. The van der Waals surface area contributed by atoms with Crippen LogP contribution < -0.4 is 10.6 Å². The number of rotatable bonds is 7. The molecule has 1 aromatic rings. The Hall–Kier alpha value is -2.10. The van der Waals surface area contributed by atoms with E-state index in [1.165, 1.54) is 11.8 Å². The maximum atomic E-state index is 12.2. The molecule has 0 radical (unpaired) electrons. The number of ether oxygens (including phenoxy) is 1. The molecule has 10 heteroatoms. The van der Waals surface area contributed by atoms with Crippen molar-refractivity contribution in [3.8, 4) is 0 Å². The molecule has 1 aliphatic carbocycles. The molecule has 1 heterocycles. The summed E-state index contributed by atoms with van der Waals surface area (Å²) in [4.78, 5) is 35.6. The molecule has 144 valence electrons. The largest absolute Gasteiger partial charge is 0.466 e. The molecular weight excluding hydrogens is 358 g/mol. The number of urea groups is 1. The fourth-order valence-electron chi connectivity index (χ4n) is 2.66. The predicted molar refractivity (Wildman–Crippen MR) is 95.6 cm³/mol. The highest BCUT2D eigenvalue weighted by atomic mass is 32.2. The van der Waals surface area contributed by atoms with Gasteiger partial charge in [-0.25, -0.2) is 4.79 Å². The van der Waals surface area contributed by atoms with Crippen molar-refractivity contribution in [1.29, 1.82) is 0 Å². The first-order chi connectivity index (χ1) is 12.4. The number of hydrogen-bond donors (Lipinski definition) is 2. The van der Waals surface area contributed by atoms with Gasteiger partial charge in [0.2, 0.25) is 5.91 Å². The van der Waals surface area contributed by atoms with Crippen molar-refractivity contribution in [1.82, 2.24) is 25.4 Å². The molecule has 1 aromatic heterocycles. The number of aromatic nitrogens is 3.